The summed E-state index contributed by atoms with van der Waals surface area (Å²) in [5, 5.41) is 12.3. The second-order valence-electron chi connectivity index (χ2n) is 5.71. The number of sulfonamides is 1. The summed E-state index contributed by atoms with van der Waals surface area (Å²) >= 11 is 0. The second kappa shape index (κ2) is 5.45. The Morgan fingerprint density at radius 2 is 1.92 bits per heavy atom. The van der Waals surface area contributed by atoms with Gasteiger partial charge < -0.3 is 4.57 Å². The summed E-state index contributed by atoms with van der Waals surface area (Å²) in [6.45, 7) is 0.922. The Morgan fingerprint density at radius 3 is 2.62 bits per heavy atom. The Bertz CT molecular complexity index is 987. The molecule has 24 heavy (non-hydrogen) atoms. The first-order chi connectivity index (χ1) is 11.5. The molecule has 3 heterocycles. The van der Waals surface area contributed by atoms with Crippen molar-refractivity contribution < 1.29 is 8.42 Å². The fourth-order valence-electron chi connectivity index (χ4n) is 2.80. The van der Waals surface area contributed by atoms with Crippen LogP contribution in [-0.4, -0.2) is 33.0 Å². The van der Waals surface area contributed by atoms with Gasteiger partial charge in [-0.05, 0) is 36.8 Å². The Kier molecular flexibility index (Phi) is 3.38. The van der Waals surface area contributed by atoms with E-state index in [1.54, 1.807) is 25.4 Å². The van der Waals surface area contributed by atoms with E-state index in [2.05, 4.69) is 24.6 Å². The molecule has 0 radical (unpaired) electrons. The van der Waals surface area contributed by atoms with Crippen molar-refractivity contribution in [2.45, 2.75) is 24.4 Å². The number of fused-ring (bicyclic) bond motifs is 1. The number of anilines is 1. The number of hydrogen-bond donors (Lipinski definition) is 1. The lowest BCUT2D eigenvalue weighted by Crippen LogP contribution is -2.13. The molecule has 1 aromatic carbocycles. The number of nitrogens with one attached hydrogen (secondary N) is 1. The van der Waals surface area contributed by atoms with Crippen LogP contribution in [0.1, 0.15) is 12.2 Å². The van der Waals surface area contributed by atoms with E-state index in [-0.39, 0.29) is 5.03 Å². The highest BCUT2D eigenvalue weighted by molar-refractivity contribution is 7.92. The number of benzene rings is 1. The van der Waals surface area contributed by atoms with Crippen LogP contribution in [0.3, 0.4) is 0 Å². The van der Waals surface area contributed by atoms with Crippen LogP contribution >= 0.6 is 0 Å². The summed E-state index contributed by atoms with van der Waals surface area (Å²) in [6, 6.07) is 8.56. The first-order valence-electron chi connectivity index (χ1n) is 7.58. The van der Waals surface area contributed by atoms with Crippen molar-refractivity contribution in [1.82, 2.24) is 24.5 Å². The molecule has 3 aromatic rings. The van der Waals surface area contributed by atoms with Crippen LogP contribution in [0.4, 0.5) is 5.69 Å². The number of aromatic nitrogens is 5. The molecular formula is C15H16N6O2S. The van der Waals surface area contributed by atoms with Crippen molar-refractivity contribution in [3.8, 4) is 11.4 Å². The molecule has 0 unspecified atom stereocenters. The minimum atomic E-state index is -3.68. The van der Waals surface area contributed by atoms with Gasteiger partial charge in [-0.25, -0.2) is 0 Å². The topological polar surface area (TPSA) is 94.7 Å². The second-order valence-corrected chi connectivity index (χ2v) is 7.33. The van der Waals surface area contributed by atoms with Crippen molar-refractivity contribution in [2.75, 3.05) is 4.72 Å². The highest BCUT2D eigenvalue weighted by Gasteiger charge is 2.19. The van der Waals surface area contributed by atoms with Crippen LogP contribution in [0.25, 0.3) is 11.4 Å². The normalized spacial score (nSPS) is 13.9. The van der Waals surface area contributed by atoms with E-state index in [1.807, 2.05) is 12.1 Å². The molecule has 0 fully saturated rings. The van der Waals surface area contributed by atoms with E-state index in [1.165, 1.54) is 10.7 Å². The van der Waals surface area contributed by atoms with Gasteiger partial charge >= 0.3 is 0 Å². The average molecular weight is 344 g/mol. The summed E-state index contributed by atoms with van der Waals surface area (Å²) in [7, 11) is -2.01. The molecule has 0 spiro atoms. The van der Waals surface area contributed by atoms with Gasteiger partial charge in [-0.1, -0.05) is 0 Å². The molecule has 8 nitrogen and oxygen atoms in total. The summed E-state index contributed by atoms with van der Waals surface area (Å²) < 4.78 is 30.6. The van der Waals surface area contributed by atoms with Gasteiger partial charge in [0, 0.05) is 37.5 Å². The minimum Gasteiger partial charge on any atom is -0.311 e. The quantitative estimate of drug-likeness (QED) is 0.772. The predicted octanol–water partition coefficient (Wildman–Crippen LogP) is 1.43. The fraction of sp³-hybridized carbons (Fsp3) is 0.267. The first-order valence-corrected chi connectivity index (χ1v) is 9.06. The summed E-state index contributed by atoms with van der Waals surface area (Å²) in [5.74, 6) is 1.83. The Hall–Kier alpha value is -2.68. The van der Waals surface area contributed by atoms with E-state index in [0.717, 1.165) is 36.6 Å². The SMILES string of the molecule is Cn1ccc(S(=O)(=O)Nc2ccc(-c3nnc4n3CCC4)cc2)n1. The van der Waals surface area contributed by atoms with E-state index >= 15 is 0 Å². The molecule has 0 saturated carbocycles. The van der Waals surface area contributed by atoms with E-state index < -0.39 is 10.0 Å². The van der Waals surface area contributed by atoms with Gasteiger partial charge in [0.2, 0.25) is 0 Å². The zero-order chi connectivity index (χ0) is 16.7. The van der Waals surface area contributed by atoms with Gasteiger partial charge in [0.05, 0.1) is 0 Å². The summed E-state index contributed by atoms with van der Waals surface area (Å²) in [4.78, 5) is 0. The van der Waals surface area contributed by atoms with Crippen LogP contribution in [0.2, 0.25) is 0 Å². The molecule has 0 saturated heterocycles. The first kappa shape index (κ1) is 14.9. The third kappa shape index (κ3) is 2.56. The molecule has 0 amide bonds. The summed E-state index contributed by atoms with van der Waals surface area (Å²) in [6.07, 6.45) is 3.62. The van der Waals surface area contributed by atoms with Crippen LogP contribution < -0.4 is 4.72 Å². The number of nitrogens with zero attached hydrogens (tertiary/aromatic N) is 5. The van der Waals surface area contributed by atoms with Gasteiger partial charge in [0.25, 0.3) is 10.0 Å². The van der Waals surface area contributed by atoms with E-state index in [9.17, 15) is 8.42 Å². The lowest BCUT2D eigenvalue weighted by molar-refractivity contribution is 0.593. The fourth-order valence-corrected chi connectivity index (χ4v) is 3.82. The molecule has 1 aliphatic heterocycles. The van der Waals surface area contributed by atoms with Gasteiger partial charge in [0.1, 0.15) is 5.82 Å². The summed E-state index contributed by atoms with van der Waals surface area (Å²) in [5.41, 5.74) is 1.39. The Balaban J connectivity index is 1.58. The van der Waals surface area contributed by atoms with Crippen LogP contribution in [-0.2, 0) is 30.0 Å². The molecule has 4 rings (SSSR count). The molecule has 2 aromatic heterocycles. The zero-order valence-corrected chi connectivity index (χ0v) is 13.9. The van der Waals surface area contributed by atoms with Crippen LogP contribution in [0.15, 0.2) is 41.6 Å². The maximum atomic E-state index is 12.3. The maximum Gasteiger partial charge on any atom is 0.281 e. The van der Waals surface area contributed by atoms with Crippen LogP contribution in [0.5, 0.6) is 0 Å². The average Bonchev–Trinajstić information content (AvgIpc) is 3.24. The van der Waals surface area contributed by atoms with Gasteiger partial charge in [-0.2, -0.15) is 13.5 Å². The van der Waals surface area contributed by atoms with Gasteiger partial charge in [-0.15, -0.1) is 10.2 Å². The standard InChI is InChI=1S/C15H16N6O2S/c1-20-10-8-14(18-20)24(22,23)19-12-6-4-11(5-7-12)15-17-16-13-3-2-9-21(13)15/h4-8,10,19H,2-3,9H2,1H3. The predicted molar refractivity (Wildman–Crippen MR) is 87.8 cm³/mol. The molecule has 0 bridgehead atoms. The van der Waals surface area contributed by atoms with Crippen molar-refractivity contribution >= 4 is 15.7 Å². The largest absolute Gasteiger partial charge is 0.311 e. The monoisotopic (exact) mass is 344 g/mol. The highest BCUT2D eigenvalue weighted by Crippen LogP contribution is 2.25. The molecular weight excluding hydrogens is 328 g/mol. The minimum absolute atomic E-state index is 0.00986. The van der Waals surface area contributed by atoms with Crippen molar-refractivity contribution in [2.24, 2.45) is 7.05 Å². The maximum absolute atomic E-state index is 12.3. The molecule has 0 atom stereocenters. The van der Waals surface area contributed by atoms with Crippen molar-refractivity contribution in [1.29, 1.82) is 0 Å². The van der Waals surface area contributed by atoms with Crippen molar-refractivity contribution in [3.05, 3.63) is 42.4 Å². The van der Waals surface area contributed by atoms with E-state index in [4.69, 9.17) is 0 Å². The van der Waals surface area contributed by atoms with Gasteiger partial charge in [0.15, 0.2) is 10.9 Å². The van der Waals surface area contributed by atoms with Crippen molar-refractivity contribution in [3.63, 3.8) is 0 Å². The molecule has 1 N–H and O–H groups in total. The lowest BCUT2D eigenvalue weighted by Gasteiger charge is -2.07. The smallest absolute Gasteiger partial charge is 0.281 e. The van der Waals surface area contributed by atoms with Crippen LogP contribution in [0, 0.1) is 0 Å². The number of rotatable bonds is 4. The number of hydrogen-bond acceptors (Lipinski definition) is 5. The number of aryl methyl sites for hydroxylation is 2. The molecule has 124 valence electrons. The lowest BCUT2D eigenvalue weighted by atomic mass is 10.2. The third-order valence-electron chi connectivity index (χ3n) is 3.97. The highest BCUT2D eigenvalue weighted by atomic mass is 32.2. The van der Waals surface area contributed by atoms with E-state index in [0.29, 0.717) is 5.69 Å². The molecule has 0 aliphatic carbocycles. The third-order valence-corrected chi connectivity index (χ3v) is 5.24. The molecule has 1 aliphatic rings. The van der Waals surface area contributed by atoms with Gasteiger partial charge in [-0.3, -0.25) is 9.40 Å². The Labute approximate surface area is 139 Å². The molecule has 9 heteroatoms. The zero-order valence-electron chi connectivity index (χ0n) is 13.0. The Morgan fingerprint density at radius 1 is 1.12 bits per heavy atom.